The molecule has 0 unspecified atom stereocenters. The van der Waals surface area contributed by atoms with E-state index in [1.54, 1.807) is 36.4 Å². The van der Waals surface area contributed by atoms with Gasteiger partial charge >= 0.3 is 0 Å². The minimum absolute atomic E-state index is 0.0239. The van der Waals surface area contributed by atoms with Crippen molar-refractivity contribution in [2.24, 2.45) is 17.8 Å². The van der Waals surface area contributed by atoms with E-state index in [0.717, 1.165) is 58.4 Å². The summed E-state index contributed by atoms with van der Waals surface area (Å²) >= 11 is 9.95. The van der Waals surface area contributed by atoms with Crippen LogP contribution in [0.5, 0.6) is 0 Å². The second kappa shape index (κ2) is 29.5. The monoisotopic (exact) mass is 1140 g/mol. The second-order valence-corrected chi connectivity index (χ2v) is 26.7. The van der Waals surface area contributed by atoms with Crippen LogP contribution < -0.4 is 16.0 Å². The molecule has 366 valence electrons. The van der Waals surface area contributed by atoms with Crippen LogP contribution in [0.3, 0.4) is 0 Å². The van der Waals surface area contributed by atoms with Gasteiger partial charge < -0.3 is 25.5 Å². The van der Waals surface area contributed by atoms with Gasteiger partial charge in [0, 0.05) is 64.5 Å². The lowest BCUT2D eigenvalue weighted by Gasteiger charge is -2.36. The fraction of sp³-hybridized carbons (Fsp3) is 0.581. The van der Waals surface area contributed by atoms with E-state index >= 15 is 0 Å². The van der Waals surface area contributed by atoms with Gasteiger partial charge in [0.05, 0.1) is 27.6 Å². The number of aliphatic hydroxyl groups is 1. The molecule has 0 bridgehead atoms. The summed E-state index contributed by atoms with van der Waals surface area (Å²) < 4.78 is 34.9. The van der Waals surface area contributed by atoms with E-state index in [1.165, 1.54) is 18.2 Å². The highest BCUT2D eigenvalue weighted by Crippen LogP contribution is 2.37. The molecular weight excluding hydrogens is 1080 g/mol. The van der Waals surface area contributed by atoms with Crippen molar-refractivity contribution in [3.05, 3.63) is 98.4 Å². The first kappa shape index (κ1) is 59.8. The molecule has 0 saturated heterocycles. The number of hydrogen-bond donors (Lipinski definition) is 4. The Hall–Kier alpha value is -3.25. The standard InChI is InChI=1S/C18H31BrN2O3Si.C13H19BrN2O5S.C12H17BrN2O3/c1-14(8-7-11-24-25(5,6)18(2,3)4)13-20-16-12-15(19)9-10-17(16)21(22)23;1-10(4-3-7-21-22(2,19)20)9-15-12-8-11(14)5-6-13(12)16(17)18;1-9(3-2-6-16)8-14-11-7-10(13)4-5-12(11)15(17)18/h9-10,12,14,20H,7-8,11,13H2,1-6H3;5-6,8,10,15H,3-4,7,9H2,1-2H3;4-5,7,9,14,16H,2-3,6,8H2,1H3/t14-;10-;9-/m111/s1. The van der Waals surface area contributed by atoms with E-state index < -0.39 is 28.3 Å². The molecular formula is C43H67Br3N6O11SSi. The number of halogens is 3. The fourth-order valence-electron chi connectivity index (χ4n) is 5.64. The maximum atomic E-state index is 11.1. The summed E-state index contributed by atoms with van der Waals surface area (Å²) in [5.41, 5.74) is 1.74. The molecule has 17 nitrogen and oxygen atoms in total. The molecule has 3 rings (SSSR count). The summed E-state index contributed by atoms with van der Waals surface area (Å²) in [5, 5.41) is 51.3. The number of aliphatic hydroxyl groups excluding tert-OH is 1. The van der Waals surface area contributed by atoms with Gasteiger partial charge in [-0.1, -0.05) is 89.3 Å². The highest BCUT2D eigenvalue weighted by Gasteiger charge is 2.36. The minimum atomic E-state index is -3.39. The summed E-state index contributed by atoms with van der Waals surface area (Å²) in [6.45, 7) is 20.5. The molecule has 3 aromatic carbocycles. The van der Waals surface area contributed by atoms with Gasteiger partial charge in [0.15, 0.2) is 8.32 Å². The van der Waals surface area contributed by atoms with Gasteiger partial charge in [-0.25, -0.2) is 0 Å². The maximum Gasteiger partial charge on any atom is 0.292 e. The topological polar surface area (TPSA) is 238 Å². The largest absolute Gasteiger partial charge is 0.417 e. The van der Waals surface area contributed by atoms with Crippen molar-refractivity contribution in [2.75, 3.05) is 61.7 Å². The van der Waals surface area contributed by atoms with Gasteiger partial charge in [-0.05, 0) is 111 Å². The molecule has 0 fully saturated rings. The van der Waals surface area contributed by atoms with Crippen molar-refractivity contribution in [3.63, 3.8) is 0 Å². The normalized spacial score (nSPS) is 12.9. The lowest BCUT2D eigenvalue weighted by atomic mass is 10.1. The number of nitrogens with zero attached hydrogens (tertiary/aromatic N) is 3. The zero-order valence-electron chi connectivity index (χ0n) is 38.8. The lowest BCUT2D eigenvalue weighted by Crippen LogP contribution is -2.41. The quantitative estimate of drug-likeness (QED) is 0.0203. The summed E-state index contributed by atoms with van der Waals surface area (Å²) in [7, 11) is -5.06. The van der Waals surface area contributed by atoms with Crippen LogP contribution in [0, 0.1) is 48.1 Å². The van der Waals surface area contributed by atoms with Crippen molar-refractivity contribution in [1.82, 2.24) is 0 Å². The molecule has 3 atom stereocenters. The van der Waals surface area contributed by atoms with Gasteiger partial charge in [-0.3, -0.25) is 34.5 Å². The zero-order chi connectivity index (χ0) is 49.5. The van der Waals surface area contributed by atoms with E-state index in [0.29, 0.717) is 55.0 Å². The first-order valence-corrected chi connectivity index (χ1v) is 28.4. The SMILES string of the molecule is C[C@H](CCCO)CNc1cc(Br)ccc1[N+](=O)[O-].C[C@H](CCCOS(C)(=O)=O)CNc1cc(Br)ccc1[N+](=O)[O-].C[C@H](CCCO[Si](C)(C)C(C)(C)C)CNc1cc(Br)ccc1[N+](=O)[O-]. The van der Waals surface area contributed by atoms with Crippen molar-refractivity contribution in [3.8, 4) is 0 Å². The molecule has 0 heterocycles. The molecule has 65 heavy (non-hydrogen) atoms. The lowest BCUT2D eigenvalue weighted by molar-refractivity contribution is -0.384. The number of benzene rings is 3. The molecule has 4 N–H and O–H groups in total. The Bertz CT molecular complexity index is 2080. The average Bonchev–Trinajstić information content (AvgIpc) is 3.20. The zero-order valence-corrected chi connectivity index (χ0v) is 45.4. The molecule has 0 aromatic heterocycles. The third-order valence-electron chi connectivity index (χ3n) is 10.5. The molecule has 0 aliphatic carbocycles. The van der Waals surface area contributed by atoms with E-state index in [-0.39, 0.29) is 46.2 Å². The van der Waals surface area contributed by atoms with Crippen LogP contribution in [-0.2, 0) is 18.7 Å². The molecule has 22 heteroatoms. The summed E-state index contributed by atoms with van der Waals surface area (Å²) in [6, 6.07) is 14.5. The molecule has 3 aromatic rings. The third kappa shape index (κ3) is 24.9. The highest BCUT2D eigenvalue weighted by atomic mass is 79.9. The van der Waals surface area contributed by atoms with Gasteiger partial charge in [0.2, 0.25) is 0 Å². The van der Waals surface area contributed by atoms with Crippen LogP contribution in [-0.4, -0.2) is 82.3 Å². The van der Waals surface area contributed by atoms with Crippen molar-refractivity contribution in [1.29, 1.82) is 0 Å². The highest BCUT2D eigenvalue weighted by molar-refractivity contribution is 9.11. The van der Waals surface area contributed by atoms with Gasteiger partial charge in [0.1, 0.15) is 17.1 Å². The number of nitro groups is 3. The average molecular weight is 1140 g/mol. The van der Waals surface area contributed by atoms with Crippen molar-refractivity contribution < 1.29 is 36.9 Å². The van der Waals surface area contributed by atoms with E-state index in [4.69, 9.17) is 9.53 Å². The third-order valence-corrected chi connectivity index (χ3v) is 17.1. The predicted molar refractivity (Wildman–Crippen MR) is 274 cm³/mol. The van der Waals surface area contributed by atoms with E-state index in [1.807, 2.05) is 13.8 Å². The minimum Gasteiger partial charge on any atom is -0.417 e. The summed E-state index contributed by atoms with van der Waals surface area (Å²) in [6.07, 6.45) is 6.07. The molecule has 0 radical (unpaired) electrons. The molecule has 0 saturated carbocycles. The second-order valence-electron chi connectivity index (χ2n) is 17.5. The van der Waals surface area contributed by atoms with Crippen LogP contribution in [0.1, 0.15) is 80.1 Å². The van der Waals surface area contributed by atoms with Gasteiger partial charge in [0.25, 0.3) is 27.2 Å². The number of anilines is 3. The van der Waals surface area contributed by atoms with Crippen LogP contribution in [0.2, 0.25) is 18.1 Å². The number of nitro benzene ring substituents is 3. The fourth-order valence-corrected chi connectivity index (χ4v) is 8.23. The molecule has 0 aliphatic rings. The Morgan fingerprint density at radius 3 is 1.26 bits per heavy atom. The first-order valence-electron chi connectivity index (χ1n) is 21.3. The predicted octanol–water partition coefficient (Wildman–Crippen LogP) is 12.5. The number of hydrogen-bond acceptors (Lipinski definition) is 14. The smallest absolute Gasteiger partial charge is 0.292 e. The van der Waals surface area contributed by atoms with Crippen molar-refractivity contribution >= 4 is 100 Å². The molecule has 0 spiro atoms. The Morgan fingerprint density at radius 2 is 0.969 bits per heavy atom. The molecule has 0 aliphatic heterocycles. The van der Waals surface area contributed by atoms with Crippen molar-refractivity contribution in [2.45, 2.75) is 98.2 Å². The van der Waals surface area contributed by atoms with Crippen LogP contribution >= 0.6 is 47.8 Å². The number of rotatable bonds is 25. The first-order chi connectivity index (χ1) is 30.2. The number of nitrogens with one attached hydrogen (secondary N) is 3. The Balaban J connectivity index is 0.000000494. The van der Waals surface area contributed by atoms with E-state index in [2.05, 4.69) is 109 Å². The Morgan fingerprint density at radius 1 is 0.646 bits per heavy atom. The summed E-state index contributed by atoms with van der Waals surface area (Å²) in [5.74, 6) is 0.999. The van der Waals surface area contributed by atoms with E-state index in [9.17, 15) is 38.8 Å². The maximum absolute atomic E-state index is 11.1. The van der Waals surface area contributed by atoms with Crippen LogP contribution in [0.15, 0.2) is 68.0 Å². The van der Waals surface area contributed by atoms with Gasteiger partial charge in [-0.15, -0.1) is 0 Å². The van der Waals surface area contributed by atoms with Crippen LogP contribution in [0.4, 0.5) is 34.1 Å². The molecule has 0 amide bonds. The van der Waals surface area contributed by atoms with Gasteiger partial charge in [-0.2, -0.15) is 8.42 Å². The van der Waals surface area contributed by atoms with Crippen LogP contribution in [0.25, 0.3) is 0 Å². The summed E-state index contributed by atoms with van der Waals surface area (Å²) in [4.78, 5) is 31.7. The Labute approximate surface area is 410 Å². The Kier molecular flexibility index (Phi) is 27.1.